The fourth-order valence-corrected chi connectivity index (χ4v) is 3.01. The molecular weight excluding hydrogens is 254 g/mol. The highest BCUT2D eigenvalue weighted by atomic mass is 79.9. The molecule has 0 saturated carbocycles. The van der Waals surface area contributed by atoms with E-state index in [0.29, 0.717) is 0 Å². The zero-order chi connectivity index (χ0) is 10.7. The molecule has 3 heteroatoms. The van der Waals surface area contributed by atoms with Crippen molar-refractivity contribution >= 4 is 15.9 Å². The molecule has 0 amide bonds. The Kier molecular flexibility index (Phi) is 3.44. The molecule has 82 valence electrons. The van der Waals surface area contributed by atoms with E-state index < -0.39 is 0 Å². The smallest absolute Gasteiger partial charge is 0.0540 e. The second-order valence-corrected chi connectivity index (χ2v) is 5.05. The van der Waals surface area contributed by atoms with Crippen LogP contribution in [0.25, 0.3) is 0 Å². The third-order valence-corrected chi connectivity index (χ3v) is 3.91. The van der Waals surface area contributed by atoms with E-state index in [2.05, 4.69) is 27.3 Å². The van der Waals surface area contributed by atoms with Crippen molar-refractivity contribution in [3.63, 3.8) is 0 Å². The Labute approximate surface area is 98.8 Å². The molecule has 0 aliphatic carbocycles. The Balaban J connectivity index is 2.36. The largest absolute Gasteiger partial charge is 0.395 e. The molecule has 2 rings (SSSR count). The number of rotatable bonds is 2. The molecule has 0 spiro atoms. The van der Waals surface area contributed by atoms with Gasteiger partial charge in [0.15, 0.2) is 0 Å². The maximum Gasteiger partial charge on any atom is 0.0540 e. The molecule has 1 aromatic rings. The van der Waals surface area contributed by atoms with Gasteiger partial charge in [-0.25, -0.2) is 0 Å². The number of nitrogens with one attached hydrogen (secondary N) is 1. The fourth-order valence-electron chi connectivity index (χ4n) is 2.31. The Morgan fingerprint density at radius 2 is 2.20 bits per heavy atom. The average molecular weight is 270 g/mol. The topological polar surface area (TPSA) is 32.3 Å². The highest BCUT2D eigenvalue weighted by Gasteiger charge is 2.34. The lowest BCUT2D eigenvalue weighted by Gasteiger charge is -2.37. The Morgan fingerprint density at radius 1 is 1.40 bits per heavy atom. The first-order valence-corrected chi connectivity index (χ1v) is 6.14. The third-order valence-electron chi connectivity index (χ3n) is 3.22. The summed E-state index contributed by atoms with van der Waals surface area (Å²) in [6.07, 6.45) is 2.18. The van der Waals surface area contributed by atoms with Gasteiger partial charge in [-0.1, -0.05) is 34.1 Å². The second kappa shape index (κ2) is 4.64. The van der Waals surface area contributed by atoms with Crippen LogP contribution in [0.15, 0.2) is 28.7 Å². The van der Waals surface area contributed by atoms with Gasteiger partial charge in [-0.2, -0.15) is 0 Å². The number of halogens is 1. The van der Waals surface area contributed by atoms with Gasteiger partial charge in [0.2, 0.25) is 0 Å². The zero-order valence-electron chi connectivity index (χ0n) is 8.67. The van der Waals surface area contributed by atoms with Gasteiger partial charge in [-0.05, 0) is 31.0 Å². The van der Waals surface area contributed by atoms with Crippen LogP contribution >= 0.6 is 15.9 Å². The minimum Gasteiger partial charge on any atom is -0.395 e. The van der Waals surface area contributed by atoms with Crippen LogP contribution in [-0.2, 0) is 5.41 Å². The van der Waals surface area contributed by atoms with Crippen LogP contribution in [-0.4, -0.2) is 24.8 Å². The summed E-state index contributed by atoms with van der Waals surface area (Å²) in [6.45, 7) is 2.14. The van der Waals surface area contributed by atoms with Crippen molar-refractivity contribution in [1.29, 1.82) is 0 Å². The molecule has 0 bridgehead atoms. The van der Waals surface area contributed by atoms with E-state index in [-0.39, 0.29) is 12.0 Å². The first kappa shape index (κ1) is 11.1. The molecule has 1 aliphatic rings. The highest BCUT2D eigenvalue weighted by molar-refractivity contribution is 9.10. The molecule has 0 aromatic heterocycles. The molecule has 15 heavy (non-hydrogen) atoms. The van der Waals surface area contributed by atoms with Crippen molar-refractivity contribution < 1.29 is 5.11 Å². The second-order valence-electron chi connectivity index (χ2n) is 4.20. The quantitative estimate of drug-likeness (QED) is 0.862. The zero-order valence-corrected chi connectivity index (χ0v) is 10.3. The lowest BCUT2D eigenvalue weighted by molar-refractivity contribution is 0.162. The third kappa shape index (κ3) is 2.10. The van der Waals surface area contributed by atoms with Crippen molar-refractivity contribution in [2.24, 2.45) is 0 Å². The SMILES string of the molecule is OCC1(c2ccccc2Br)CCCNC1. The van der Waals surface area contributed by atoms with Crippen LogP contribution in [0.4, 0.5) is 0 Å². The minimum atomic E-state index is -0.0989. The molecule has 1 fully saturated rings. The molecule has 1 saturated heterocycles. The van der Waals surface area contributed by atoms with Gasteiger partial charge < -0.3 is 10.4 Å². The molecule has 1 aromatic carbocycles. The summed E-state index contributed by atoms with van der Waals surface area (Å²) in [6, 6.07) is 8.19. The van der Waals surface area contributed by atoms with Gasteiger partial charge in [0.25, 0.3) is 0 Å². The van der Waals surface area contributed by atoms with Crippen molar-refractivity contribution in [2.75, 3.05) is 19.7 Å². The van der Waals surface area contributed by atoms with Gasteiger partial charge in [0.05, 0.1) is 6.61 Å². The van der Waals surface area contributed by atoms with Crippen molar-refractivity contribution in [2.45, 2.75) is 18.3 Å². The fraction of sp³-hybridized carbons (Fsp3) is 0.500. The lowest BCUT2D eigenvalue weighted by Crippen LogP contribution is -2.46. The molecule has 1 heterocycles. The van der Waals surface area contributed by atoms with Crippen LogP contribution in [0, 0.1) is 0 Å². The molecule has 0 radical (unpaired) electrons. The van der Waals surface area contributed by atoms with E-state index in [1.807, 2.05) is 18.2 Å². The monoisotopic (exact) mass is 269 g/mol. The lowest BCUT2D eigenvalue weighted by atomic mass is 9.75. The average Bonchev–Trinajstić information content (AvgIpc) is 2.30. The first-order chi connectivity index (χ1) is 7.28. The van der Waals surface area contributed by atoms with Crippen molar-refractivity contribution in [3.05, 3.63) is 34.3 Å². The molecule has 1 atom stereocenters. The molecular formula is C12H16BrNO. The number of benzene rings is 1. The summed E-state index contributed by atoms with van der Waals surface area (Å²) in [5.74, 6) is 0. The van der Waals surface area contributed by atoms with Crippen LogP contribution in [0.5, 0.6) is 0 Å². The predicted octanol–water partition coefficient (Wildman–Crippen LogP) is 2.06. The van der Waals surface area contributed by atoms with Gasteiger partial charge in [-0.15, -0.1) is 0 Å². The highest BCUT2D eigenvalue weighted by Crippen LogP contribution is 2.35. The van der Waals surface area contributed by atoms with E-state index in [4.69, 9.17) is 0 Å². The number of aliphatic hydroxyl groups excluding tert-OH is 1. The summed E-state index contributed by atoms with van der Waals surface area (Å²) in [7, 11) is 0. The van der Waals surface area contributed by atoms with Crippen LogP contribution in [0.2, 0.25) is 0 Å². The Morgan fingerprint density at radius 3 is 2.80 bits per heavy atom. The van der Waals surface area contributed by atoms with Gasteiger partial charge in [0.1, 0.15) is 0 Å². The van der Waals surface area contributed by atoms with Crippen LogP contribution in [0.1, 0.15) is 18.4 Å². The standard InChI is InChI=1S/C12H16BrNO/c13-11-5-2-1-4-10(11)12(9-15)6-3-7-14-8-12/h1-2,4-5,14-15H,3,6-9H2. The first-order valence-electron chi connectivity index (χ1n) is 5.35. The maximum absolute atomic E-state index is 9.66. The molecule has 2 nitrogen and oxygen atoms in total. The van der Waals surface area contributed by atoms with Crippen molar-refractivity contribution in [1.82, 2.24) is 5.32 Å². The van der Waals surface area contributed by atoms with Gasteiger partial charge in [-0.3, -0.25) is 0 Å². The summed E-state index contributed by atoms with van der Waals surface area (Å²) in [5.41, 5.74) is 1.12. The number of aliphatic hydroxyl groups is 1. The number of hydrogen-bond acceptors (Lipinski definition) is 2. The van der Waals surface area contributed by atoms with Crippen LogP contribution < -0.4 is 5.32 Å². The summed E-state index contributed by atoms with van der Waals surface area (Å²) >= 11 is 3.57. The van der Waals surface area contributed by atoms with E-state index in [1.54, 1.807) is 0 Å². The van der Waals surface area contributed by atoms with E-state index >= 15 is 0 Å². The summed E-state index contributed by atoms with van der Waals surface area (Å²) in [4.78, 5) is 0. The number of piperidine rings is 1. The molecule has 1 unspecified atom stereocenters. The van der Waals surface area contributed by atoms with Crippen LogP contribution in [0.3, 0.4) is 0 Å². The normalized spacial score (nSPS) is 26.5. The van der Waals surface area contributed by atoms with E-state index in [0.717, 1.165) is 30.4 Å². The Hall–Kier alpha value is -0.380. The van der Waals surface area contributed by atoms with Crippen molar-refractivity contribution in [3.8, 4) is 0 Å². The molecule has 2 N–H and O–H groups in total. The summed E-state index contributed by atoms with van der Waals surface area (Å²) in [5, 5.41) is 13.0. The molecule has 1 aliphatic heterocycles. The van der Waals surface area contributed by atoms with Gasteiger partial charge in [0, 0.05) is 16.4 Å². The minimum absolute atomic E-state index is 0.0989. The van der Waals surface area contributed by atoms with Gasteiger partial charge >= 0.3 is 0 Å². The predicted molar refractivity (Wildman–Crippen MR) is 65.0 cm³/mol. The maximum atomic E-state index is 9.66. The Bertz CT molecular complexity index is 334. The number of hydrogen-bond donors (Lipinski definition) is 2. The van der Waals surface area contributed by atoms with E-state index in [9.17, 15) is 5.11 Å². The summed E-state index contributed by atoms with van der Waals surface area (Å²) < 4.78 is 1.10. The van der Waals surface area contributed by atoms with E-state index in [1.165, 1.54) is 5.56 Å².